The van der Waals surface area contributed by atoms with E-state index in [0.29, 0.717) is 12.0 Å². The number of carboxylic acid groups (broad SMARTS) is 1. The van der Waals surface area contributed by atoms with Crippen molar-refractivity contribution in [3.63, 3.8) is 0 Å². The first-order valence-electron chi connectivity index (χ1n) is 4.71. The second-order valence-corrected chi connectivity index (χ2v) is 3.62. The van der Waals surface area contributed by atoms with Crippen molar-refractivity contribution >= 4 is 18.1 Å². The Morgan fingerprint density at radius 2 is 2.33 bits per heavy atom. The Balaban J connectivity index is 2.50. The number of carbonyl (C=O) groups excluding carboxylic acids is 1. The topological polar surface area (TPSA) is 70.0 Å². The van der Waals surface area contributed by atoms with Crippen molar-refractivity contribution in [3.05, 3.63) is 11.8 Å². The van der Waals surface area contributed by atoms with Gasteiger partial charge in [-0.3, -0.25) is 14.6 Å². The first-order chi connectivity index (χ1) is 7.02. The third-order valence-corrected chi connectivity index (χ3v) is 2.24. The van der Waals surface area contributed by atoms with Gasteiger partial charge >= 0.3 is 5.97 Å². The van der Waals surface area contributed by atoms with Crippen LogP contribution in [0.25, 0.3) is 0 Å². The average molecular weight is 210 g/mol. The highest BCUT2D eigenvalue weighted by molar-refractivity contribution is 5.97. The van der Waals surface area contributed by atoms with Crippen LogP contribution in [0.1, 0.15) is 13.3 Å². The van der Waals surface area contributed by atoms with Gasteiger partial charge in [0.25, 0.3) is 5.91 Å². The molecule has 5 nitrogen and oxygen atoms in total. The molecule has 1 atom stereocenters. The fourth-order valence-electron chi connectivity index (χ4n) is 1.31. The van der Waals surface area contributed by atoms with Crippen LogP contribution in [0, 0.1) is 5.92 Å². The minimum Gasteiger partial charge on any atom is -0.481 e. The first kappa shape index (κ1) is 11.4. The van der Waals surface area contributed by atoms with Gasteiger partial charge in [-0.05, 0) is 0 Å². The number of nitrogens with zero attached hydrogens (tertiary/aromatic N) is 2. The predicted octanol–water partition coefficient (Wildman–Crippen LogP) is 0.524. The van der Waals surface area contributed by atoms with Crippen molar-refractivity contribution in [2.45, 2.75) is 13.3 Å². The zero-order valence-corrected chi connectivity index (χ0v) is 8.80. The molecule has 1 N–H and O–H groups in total. The van der Waals surface area contributed by atoms with Crippen LogP contribution in [0.3, 0.4) is 0 Å². The van der Waals surface area contributed by atoms with Crippen molar-refractivity contribution in [2.75, 3.05) is 13.6 Å². The third kappa shape index (κ3) is 2.90. The average Bonchev–Trinajstić information content (AvgIpc) is 2.68. The lowest BCUT2D eigenvalue weighted by Crippen LogP contribution is -2.34. The lowest BCUT2D eigenvalue weighted by molar-refractivity contribution is -0.142. The van der Waals surface area contributed by atoms with E-state index in [-0.39, 0.29) is 12.5 Å². The number of hydrogen-bond acceptors (Lipinski definition) is 3. The SMILES string of the molecule is CC(CN(C)C(=O)C1=CN=CC1)C(=O)O. The number of likely N-dealkylation sites (N-methyl/N-ethyl adjacent to an activating group) is 1. The van der Waals surface area contributed by atoms with Gasteiger partial charge in [-0.2, -0.15) is 0 Å². The summed E-state index contributed by atoms with van der Waals surface area (Å²) in [5, 5.41) is 8.70. The Morgan fingerprint density at radius 3 is 2.80 bits per heavy atom. The number of aliphatic carboxylic acids is 1. The van der Waals surface area contributed by atoms with Gasteiger partial charge in [-0.1, -0.05) is 6.92 Å². The van der Waals surface area contributed by atoms with Crippen LogP contribution in [-0.4, -0.2) is 41.7 Å². The fourth-order valence-corrected chi connectivity index (χ4v) is 1.31. The van der Waals surface area contributed by atoms with Crippen LogP contribution in [-0.2, 0) is 9.59 Å². The Kier molecular flexibility index (Phi) is 3.60. The van der Waals surface area contributed by atoms with Crippen molar-refractivity contribution in [1.82, 2.24) is 4.90 Å². The quantitative estimate of drug-likeness (QED) is 0.735. The summed E-state index contributed by atoms with van der Waals surface area (Å²) >= 11 is 0. The summed E-state index contributed by atoms with van der Waals surface area (Å²) in [6, 6.07) is 0. The van der Waals surface area contributed by atoms with E-state index in [1.54, 1.807) is 20.2 Å². The zero-order valence-electron chi connectivity index (χ0n) is 8.80. The van der Waals surface area contributed by atoms with E-state index in [1.165, 1.54) is 11.1 Å². The fraction of sp³-hybridized carbons (Fsp3) is 0.500. The maximum Gasteiger partial charge on any atom is 0.308 e. The largest absolute Gasteiger partial charge is 0.481 e. The molecule has 15 heavy (non-hydrogen) atoms. The molecule has 1 rings (SSSR count). The second-order valence-electron chi connectivity index (χ2n) is 3.62. The molecule has 0 aliphatic carbocycles. The Bertz CT molecular complexity index is 334. The van der Waals surface area contributed by atoms with Crippen LogP contribution in [0.4, 0.5) is 0 Å². The highest BCUT2D eigenvalue weighted by Gasteiger charge is 2.20. The van der Waals surface area contributed by atoms with Gasteiger partial charge in [0.1, 0.15) is 0 Å². The van der Waals surface area contributed by atoms with Crippen molar-refractivity contribution in [2.24, 2.45) is 10.9 Å². The maximum atomic E-state index is 11.7. The Labute approximate surface area is 88.1 Å². The summed E-state index contributed by atoms with van der Waals surface area (Å²) in [4.78, 5) is 27.5. The highest BCUT2D eigenvalue weighted by atomic mass is 16.4. The Morgan fingerprint density at radius 1 is 1.67 bits per heavy atom. The second kappa shape index (κ2) is 4.72. The number of carbonyl (C=O) groups is 2. The lowest BCUT2D eigenvalue weighted by Gasteiger charge is -2.19. The Hall–Kier alpha value is -1.65. The molecule has 0 spiro atoms. The molecule has 5 heteroatoms. The molecule has 0 saturated heterocycles. The minimum absolute atomic E-state index is 0.152. The molecule has 1 aliphatic heterocycles. The summed E-state index contributed by atoms with van der Waals surface area (Å²) in [6.45, 7) is 1.79. The van der Waals surface area contributed by atoms with E-state index >= 15 is 0 Å². The minimum atomic E-state index is -0.897. The molecule has 0 fully saturated rings. The van der Waals surface area contributed by atoms with E-state index < -0.39 is 11.9 Å². The smallest absolute Gasteiger partial charge is 0.308 e. The van der Waals surface area contributed by atoms with E-state index in [9.17, 15) is 9.59 Å². The van der Waals surface area contributed by atoms with Crippen molar-refractivity contribution in [1.29, 1.82) is 0 Å². The normalized spacial score (nSPS) is 16.0. The highest BCUT2D eigenvalue weighted by Crippen LogP contribution is 2.10. The monoisotopic (exact) mass is 210 g/mol. The van der Waals surface area contributed by atoms with Crippen LogP contribution in [0.15, 0.2) is 16.8 Å². The van der Waals surface area contributed by atoms with Crippen LogP contribution in [0.5, 0.6) is 0 Å². The van der Waals surface area contributed by atoms with Gasteiger partial charge in [-0.15, -0.1) is 0 Å². The third-order valence-electron chi connectivity index (χ3n) is 2.24. The maximum absolute atomic E-state index is 11.7. The first-order valence-corrected chi connectivity index (χ1v) is 4.71. The number of carboxylic acids is 1. The summed E-state index contributed by atoms with van der Waals surface area (Å²) in [5.41, 5.74) is 0.607. The van der Waals surface area contributed by atoms with Crippen LogP contribution >= 0.6 is 0 Å². The molecule has 1 heterocycles. The number of rotatable bonds is 4. The summed E-state index contributed by atoms with van der Waals surface area (Å²) in [7, 11) is 1.60. The summed E-state index contributed by atoms with van der Waals surface area (Å²) < 4.78 is 0. The van der Waals surface area contributed by atoms with Gasteiger partial charge in [0.05, 0.1) is 5.92 Å². The molecule has 0 bridgehead atoms. The number of aliphatic imine (C=N–C) groups is 1. The van der Waals surface area contributed by atoms with Gasteiger partial charge in [0, 0.05) is 38.0 Å². The van der Waals surface area contributed by atoms with Crippen molar-refractivity contribution < 1.29 is 14.7 Å². The molecule has 0 radical (unpaired) electrons. The molecular formula is C10H14N2O3. The molecular weight excluding hydrogens is 196 g/mol. The molecule has 1 unspecified atom stereocenters. The summed E-state index contributed by atoms with van der Waals surface area (Å²) in [6.07, 6.45) is 3.70. The van der Waals surface area contributed by atoms with E-state index in [1.807, 2.05) is 0 Å². The molecule has 0 aromatic rings. The number of hydrogen-bond donors (Lipinski definition) is 1. The van der Waals surface area contributed by atoms with Gasteiger partial charge in [0.15, 0.2) is 0 Å². The van der Waals surface area contributed by atoms with Gasteiger partial charge in [-0.25, -0.2) is 0 Å². The summed E-state index contributed by atoms with van der Waals surface area (Å²) in [5.74, 6) is -1.60. The molecule has 1 amide bonds. The molecule has 82 valence electrons. The van der Waals surface area contributed by atoms with E-state index in [2.05, 4.69) is 4.99 Å². The van der Waals surface area contributed by atoms with Crippen LogP contribution < -0.4 is 0 Å². The van der Waals surface area contributed by atoms with Crippen molar-refractivity contribution in [3.8, 4) is 0 Å². The molecule has 1 aliphatic rings. The molecule has 0 aromatic heterocycles. The van der Waals surface area contributed by atoms with Gasteiger partial charge < -0.3 is 10.0 Å². The lowest BCUT2D eigenvalue weighted by atomic mass is 10.1. The van der Waals surface area contributed by atoms with E-state index in [4.69, 9.17) is 5.11 Å². The number of amides is 1. The van der Waals surface area contributed by atoms with E-state index in [0.717, 1.165) is 0 Å². The molecule has 0 saturated carbocycles. The molecule has 0 aromatic carbocycles. The predicted molar refractivity (Wildman–Crippen MR) is 55.6 cm³/mol. The van der Waals surface area contributed by atoms with Crippen LogP contribution in [0.2, 0.25) is 0 Å². The van der Waals surface area contributed by atoms with Gasteiger partial charge in [0.2, 0.25) is 0 Å². The zero-order chi connectivity index (χ0) is 11.4. The standard InChI is InChI=1S/C10H14N2O3/c1-7(10(14)15)6-12(2)9(13)8-3-4-11-5-8/h4-5,7H,3,6H2,1-2H3,(H,14,15).